The normalized spacial score (nSPS) is 11.1. The van der Waals surface area contributed by atoms with E-state index in [0.29, 0.717) is 29.6 Å². The van der Waals surface area contributed by atoms with Gasteiger partial charge in [-0.3, -0.25) is 0 Å². The first-order valence-corrected chi connectivity index (χ1v) is 11.1. The number of hydrogen-bond donors (Lipinski definition) is 0. The molecule has 2 rings (SSSR count). The van der Waals surface area contributed by atoms with Crippen molar-refractivity contribution in [1.29, 1.82) is 0 Å². The van der Waals surface area contributed by atoms with Gasteiger partial charge in [0.25, 0.3) is 0 Å². The summed E-state index contributed by atoms with van der Waals surface area (Å²) in [5.41, 5.74) is 3.51. The summed E-state index contributed by atoms with van der Waals surface area (Å²) in [6, 6.07) is 12.3. The molecular weight excluding hydrogens is 363 g/mol. The fourth-order valence-corrected chi connectivity index (χ4v) is 4.69. The molecule has 2 aromatic rings. The lowest BCUT2D eigenvalue weighted by Gasteiger charge is -2.18. The minimum Gasteiger partial charge on any atom is -0.465 e. The molecule has 0 amide bonds. The summed E-state index contributed by atoms with van der Waals surface area (Å²) in [6.07, 6.45) is 1.62. The first-order valence-electron chi connectivity index (χ1n) is 8.84. The highest BCUT2D eigenvalue weighted by Gasteiger charge is 2.21. The van der Waals surface area contributed by atoms with E-state index in [1.807, 2.05) is 32.0 Å². The molecule has 0 unspecified atom stereocenters. The summed E-state index contributed by atoms with van der Waals surface area (Å²) in [6.45, 7) is 3.86. The third kappa shape index (κ3) is 4.86. The number of ether oxygens (including phenoxy) is 2. The average Bonchev–Trinajstić information content (AvgIpc) is 2.72. The van der Waals surface area contributed by atoms with Gasteiger partial charge in [-0.2, -0.15) is 0 Å². The number of methoxy groups -OCH3 is 2. The molecule has 0 saturated heterocycles. The quantitative estimate of drug-likeness (QED) is 0.502. The highest BCUT2D eigenvalue weighted by molar-refractivity contribution is 7.63. The third-order valence-corrected chi connectivity index (χ3v) is 7.98. The van der Waals surface area contributed by atoms with Crippen molar-refractivity contribution in [3.63, 3.8) is 0 Å². The number of benzene rings is 2. The van der Waals surface area contributed by atoms with Gasteiger partial charge in [0.15, 0.2) is 0 Å². The van der Waals surface area contributed by atoms with Crippen LogP contribution in [0.15, 0.2) is 42.5 Å². The molecule has 5 nitrogen and oxygen atoms in total. The van der Waals surface area contributed by atoms with Crippen LogP contribution in [0, 0.1) is 0 Å². The van der Waals surface area contributed by atoms with Crippen LogP contribution in [0.25, 0.3) is 11.1 Å². The van der Waals surface area contributed by atoms with Crippen molar-refractivity contribution in [3.05, 3.63) is 59.2 Å². The van der Waals surface area contributed by atoms with E-state index in [2.05, 4.69) is 0 Å². The highest BCUT2D eigenvalue weighted by atomic mass is 31.2. The number of hydrogen-bond acceptors (Lipinski definition) is 5. The molecule has 0 aliphatic rings. The van der Waals surface area contributed by atoms with Gasteiger partial charge >= 0.3 is 11.9 Å². The van der Waals surface area contributed by atoms with Gasteiger partial charge in [0, 0.05) is 6.16 Å². The first kappa shape index (κ1) is 20.9. The Morgan fingerprint density at radius 1 is 0.852 bits per heavy atom. The molecule has 0 atom stereocenters. The number of carbonyl (C=O) groups excluding carboxylic acids is 2. The molecule has 27 heavy (non-hydrogen) atoms. The van der Waals surface area contributed by atoms with Gasteiger partial charge < -0.3 is 14.0 Å². The Bertz CT molecular complexity index is 863. The van der Waals surface area contributed by atoms with Crippen LogP contribution >= 0.6 is 7.14 Å². The molecule has 0 aliphatic carbocycles. The molecule has 0 bridgehead atoms. The van der Waals surface area contributed by atoms with Crippen molar-refractivity contribution < 1.29 is 23.6 Å². The lowest BCUT2D eigenvalue weighted by molar-refractivity contribution is 0.0592. The molecule has 0 spiro atoms. The summed E-state index contributed by atoms with van der Waals surface area (Å²) in [5, 5.41) is 0. The van der Waals surface area contributed by atoms with Gasteiger partial charge in [-0.05, 0) is 53.3 Å². The molecule has 0 saturated carbocycles. The van der Waals surface area contributed by atoms with Crippen LogP contribution in [0.2, 0.25) is 0 Å². The van der Waals surface area contributed by atoms with Gasteiger partial charge in [-0.25, -0.2) is 9.59 Å². The predicted molar refractivity (Wildman–Crippen MR) is 107 cm³/mol. The van der Waals surface area contributed by atoms with Crippen molar-refractivity contribution in [3.8, 4) is 11.1 Å². The smallest absolute Gasteiger partial charge is 0.337 e. The Balaban J connectivity index is 2.52. The molecule has 0 aromatic heterocycles. The van der Waals surface area contributed by atoms with Gasteiger partial charge in [0.2, 0.25) is 0 Å². The number of rotatable bonds is 7. The van der Waals surface area contributed by atoms with Gasteiger partial charge in [-0.1, -0.05) is 32.0 Å². The molecule has 0 radical (unpaired) electrons. The monoisotopic (exact) mass is 388 g/mol. The Labute approximate surface area is 160 Å². The fourth-order valence-electron chi connectivity index (χ4n) is 2.91. The maximum atomic E-state index is 13.1. The lowest BCUT2D eigenvalue weighted by atomic mass is 9.97. The Kier molecular flexibility index (Phi) is 6.98. The van der Waals surface area contributed by atoms with E-state index in [4.69, 9.17) is 9.47 Å². The average molecular weight is 388 g/mol. The second-order valence-corrected chi connectivity index (χ2v) is 9.98. The number of carbonyl (C=O) groups is 2. The van der Waals surface area contributed by atoms with E-state index in [9.17, 15) is 14.2 Å². The Hall–Kier alpha value is -2.39. The maximum absolute atomic E-state index is 13.1. The molecule has 144 valence electrons. The van der Waals surface area contributed by atoms with Crippen LogP contribution in [-0.4, -0.2) is 38.5 Å². The number of esters is 2. The van der Waals surface area contributed by atoms with E-state index in [1.54, 1.807) is 24.3 Å². The molecule has 0 aliphatic heterocycles. The van der Waals surface area contributed by atoms with E-state index in [-0.39, 0.29) is 0 Å². The highest BCUT2D eigenvalue weighted by Crippen LogP contribution is 2.49. The zero-order chi connectivity index (χ0) is 20.0. The summed E-state index contributed by atoms with van der Waals surface area (Å²) < 4.78 is 22.6. The fraction of sp³-hybridized carbons (Fsp3) is 0.333. The van der Waals surface area contributed by atoms with E-state index in [1.165, 1.54) is 14.2 Å². The second-order valence-electron chi connectivity index (χ2n) is 6.28. The zero-order valence-corrected chi connectivity index (χ0v) is 17.0. The van der Waals surface area contributed by atoms with Crippen molar-refractivity contribution in [1.82, 2.24) is 0 Å². The minimum absolute atomic E-state index is 0.399. The maximum Gasteiger partial charge on any atom is 0.337 e. The van der Waals surface area contributed by atoms with Crippen LogP contribution in [0.3, 0.4) is 0 Å². The van der Waals surface area contributed by atoms with Crippen molar-refractivity contribution in [2.75, 3.05) is 26.5 Å². The molecule has 2 aromatic carbocycles. The summed E-state index contributed by atoms with van der Waals surface area (Å²) in [4.78, 5) is 23.6. The van der Waals surface area contributed by atoms with E-state index < -0.39 is 19.1 Å². The van der Waals surface area contributed by atoms with Gasteiger partial charge in [-0.15, -0.1) is 0 Å². The van der Waals surface area contributed by atoms with Crippen molar-refractivity contribution in [2.45, 2.75) is 20.0 Å². The second kappa shape index (κ2) is 9.01. The van der Waals surface area contributed by atoms with Gasteiger partial charge in [0.1, 0.15) is 0 Å². The molecule has 0 heterocycles. The van der Waals surface area contributed by atoms with Crippen LogP contribution in [0.1, 0.15) is 40.1 Å². The lowest BCUT2D eigenvalue weighted by Crippen LogP contribution is -2.04. The molecule has 0 fully saturated rings. The molecule has 6 heteroatoms. The van der Waals surface area contributed by atoms with Crippen LogP contribution in [-0.2, 0) is 20.2 Å². The van der Waals surface area contributed by atoms with Crippen LogP contribution in [0.4, 0.5) is 0 Å². The third-order valence-electron chi connectivity index (χ3n) is 4.75. The van der Waals surface area contributed by atoms with Crippen molar-refractivity contribution in [2.24, 2.45) is 0 Å². The molecule has 0 N–H and O–H groups in total. The molecular formula is C21H25O5P. The van der Waals surface area contributed by atoms with Crippen molar-refractivity contribution >= 4 is 19.1 Å². The predicted octanol–water partition coefficient (Wildman–Crippen LogP) is 4.83. The standard InChI is InChI=1S/C21H25O5P/c1-5-27(24,6-2)14-18-13-17(21(23)26-4)11-12-19(18)15-7-9-16(10-8-15)20(22)25-3/h7-13H,5-6,14H2,1-4H3. The minimum atomic E-state index is -2.37. The summed E-state index contributed by atoms with van der Waals surface area (Å²) in [5.74, 6) is -0.823. The summed E-state index contributed by atoms with van der Waals surface area (Å²) >= 11 is 0. The van der Waals surface area contributed by atoms with Crippen LogP contribution < -0.4 is 0 Å². The topological polar surface area (TPSA) is 69.7 Å². The van der Waals surface area contributed by atoms with E-state index >= 15 is 0 Å². The zero-order valence-electron chi connectivity index (χ0n) is 16.2. The van der Waals surface area contributed by atoms with Gasteiger partial charge in [0.05, 0.1) is 32.5 Å². The van der Waals surface area contributed by atoms with Crippen LogP contribution in [0.5, 0.6) is 0 Å². The first-order chi connectivity index (χ1) is 12.9. The largest absolute Gasteiger partial charge is 0.465 e. The SMILES string of the molecule is CCP(=O)(CC)Cc1cc(C(=O)OC)ccc1-c1ccc(C(=O)OC)cc1. The Morgan fingerprint density at radius 3 is 1.89 bits per heavy atom. The Morgan fingerprint density at radius 2 is 1.37 bits per heavy atom. The van der Waals surface area contributed by atoms with E-state index in [0.717, 1.165) is 16.7 Å². The summed E-state index contributed by atoms with van der Waals surface area (Å²) in [7, 11) is 0.313.